The SMILES string of the molecule is O=Cc1cn2cc(O)ccc2n1. The van der Waals surface area contributed by atoms with Crippen LogP contribution in [0.3, 0.4) is 0 Å². The Morgan fingerprint density at radius 1 is 1.42 bits per heavy atom. The van der Waals surface area contributed by atoms with Crippen molar-refractivity contribution in [2.75, 3.05) is 0 Å². The van der Waals surface area contributed by atoms with E-state index < -0.39 is 0 Å². The lowest BCUT2D eigenvalue weighted by atomic mass is 10.4. The molecule has 0 radical (unpaired) electrons. The molecule has 0 aliphatic rings. The molecule has 2 aromatic rings. The highest BCUT2D eigenvalue weighted by Gasteiger charge is 1.99. The smallest absolute Gasteiger partial charge is 0.170 e. The van der Waals surface area contributed by atoms with Crippen LogP contribution in [0.1, 0.15) is 10.5 Å². The van der Waals surface area contributed by atoms with Crippen molar-refractivity contribution in [3.63, 3.8) is 0 Å². The van der Waals surface area contributed by atoms with Crippen LogP contribution in [0.4, 0.5) is 0 Å². The molecule has 0 amide bonds. The number of aldehydes is 1. The van der Waals surface area contributed by atoms with Crippen LogP contribution in [0.5, 0.6) is 5.75 Å². The van der Waals surface area contributed by atoms with E-state index in [1.807, 2.05) is 0 Å². The number of carbonyl (C=O) groups excluding carboxylic acids is 1. The quantitative estimate of drug-likeness (QED) is 0.632. The average Bonchev–Trinajstić information content (AvgIpc) is 2.46. The van der Waals surface area contributed by atoms with Gasteiger partial charge in [0.1, 0.15) is 17.1 Å². The Bertz CT molecular complexity index is 434. The van der Waals surface area contributed by atoms with E-state index in [0.29, 0.717) is 17.6 Å². The van der Waals surface area contributed by atoms with E-state index >= 15 is 0 Å². The Morgan fingerprint density at radius 2 is 2.25 bits per heavy atom. The fourth-order valence-electron chi connectivity index (χ4n) is 1.06. The van der Waals surface area contributed by atoms with Crippen LogP contribution in [-0.4, -0.2) is 20.8 Å². The maximum Gasteiger partial charge on any atom is 0.170 e. The Balaban J connectivity index is 2.75. The maximum atomic E-state index is 10.3. The lowest BCUT2D eigenvalue weighted by Gasteiger charge is -1.92. The molecule has 1 N–H and O–H groups in total. The number of nitrogens with zero attached hydrogens (tertiary/aromatic N) is 2. The summed E-state index contributed by atoms with van der Waals surface area (Å²) in [6, 6.07) is 3.17. The van der Waals surface area contributed by atoms with Gasteiger partial charge in [-0.2, -0.15) is 0 Å². The van der Waals surface area contributed by atoms with Gasteiger partial charge in [-0.15, -0.1) is 0 Å². The molecule has 4 nitrogen and oxygen atoms in total. The van der Waals surface area contributed by atoms with Crippen molar-refractivity contribution in [3.05, 3.63) is 30.2 Å². The first kappa shape index (κ1) is 6.84. The lowest BCUT2D eigenvalue weighted by Crippen LogP contribution is -1.79. The zero-order valence-corrected chi connectivity index (χ0v) is 6.14. The summed E-state index contributed by atoms with van der Waals surface area (Å²) in [5, 5.41) is 9.08. The Kier molecular flexibility index (Phi) is 1.33. The topological polar surface area (TPSA) is 54.6 Å². The van der Waals surface area contributed by atoms with Crippen molar-refractivity contribution in [3.8, 4) is 5.75 Å². The number of aromatic hydroxyl groups is 1. The van der Waals surface area contributed by atoms with Crippen LogP contribution >= 0.6 is 0 Å². The summed E-state index contributed by atoms with van der Waals surface area (Å²) in [5.41, 5.74) is 1.01. The van der Waals surface area contributed by atoms with Gasteiger partial charge in [0.15, 0.2) is 6.29 Å². The molecule has 0 spiro atoms. The van der Waals surface area contributed by atoms with E-state index in [1.54, 1.807) is 16.7 Å². The standard InChI is InChI=1S/C8H6N2O2/c11-5-6-3-10-4-7(12)1-2-8(10)9-6/h1-5,12H. The third-order valence-corrected chi connectivity index (χ3v) is 1.57. The second-order valence-corrected chi connectivity index (χ2v) is 2.44. The molecule has 0 atom stereocenters. The van der Waals surface area contributed by atoms with Gasteiger partial charge in [0, 0.05) is 6.20 Å². The fraction of sp³-hybridized carbons (Fsp3) is 0. The highest BCUT2D eigenvalue weighted by molar-refractivity contribution is 5.73. The van der Waals surface area contributed by atoms with Crippen molar-refractivity contribution < 1.29 is 9.90 Å². The van der Waals surface area contributed by atoms with Gasteiger partial charge in [-0.3, -0.25) is 4.79 Å². The summed E-state index contributed by atoms with van der Waals surface area (Å²) in [4.78, 5) is 14.3. The number of carbonyl (C=O) groups is 1. The van der Waals surface area contributed by atoms with E-state index in [2.05, 4.69) is 4.98 Å². The van der Waals surface area contributed by atoms with Gasteiger partial charge in [-0.05, 0) is 12.1 Å². The Labute approximate surface area is 68.1 Å². The second kappa shape index (κ2) is 2.34. The van der Waals surface area contributed by atoms with Gasteiger partial charge in [-0.25, -0.2) is 4.98 Å². The summed E-state index contributed by atoms with van der Waals surface area (Å²) in [6.45, 7) is 0. The van der Waals surface area contributed by atoms with Gasteiger partial charge in [0.05, 0.1) is 6.20 Å². The number of pyridine rings is 1. The molecule has 0 bridgehead atoms. The first-order valence-corrected chi connectivity index (χ1v) is 3.42. The summed E-state index contributed by atoms with van der Waals surface area (Å²) in [7, 11) is 0. The number of hydrogen-bond donors (Lipinski definition) is 1. The summed E-state index contributed by atoms with van der Waals surface area (Å²) in [6.07, 6.45) is 3.72. The molecule has 12 heavy (non-hydrogen) atoms. The molecule has 2 aromatic heterocycles. The van der Waals surface area contributed by atoms with E-state index in [1.165, 1.54) is 12.3 Å². The molecule has 0 unspecified atom stereocenters. The zero-order chi connectivity index (χ0) is 8.55. The maximum absolute atomic E-state index is 10.3. The van der Waals surface area contributed by atoms with Crippen LogP contribution in [0.15, 0.2) is 24.5 Å². The van der Waals surface area contributed by atoms with Crippen molar-refractivity contribution in [2.24, 2.45) is 0 Å². The summed E-state index contributed by atoms with van der Waals surface area (Å²) in [5.74, 6) is 0.150. The monoisotopic (exact) mass is 162 g/mol. The Morgan fingerprint density at radius 3 is 3.00 bits per heavy atom. The predicted molar refractivity (Wildman–Crippen MR) is 42.2 cm³/mol. The van der Waals surface area contributed by atoms with Crippen molar-refractivity contribution >= 4 is 11.9 Å². The summed E-state index contributed by atoms with van der Waals surface area (Å²) < 4.78 is 1.60. The second-order valence-electron chi connectivity index (χ2n) is 2.44. The number of aromatic nitrogens is 2. The predicted octanol–water partition coefficient (Wildman–Crippen LogP) is 0.852. The number of hydrogen-bond acceptors (Lipinski definition) is 3. The minimum Gasteiger partial charge on any atom is -0.506 e. The van der Waals surface area contributed by atoms with Crippen LogP contribution in [0.2, 0.25) is 0 Å². The number of fused-ring (bicyclic) bond motifs is 1. The molecular formula is C8H6N2O2. The molecule has 0 aromatic carbocycles. The third-order valence-electron chi connectivity index (χ3n) is 1.57. The molecule has 0 aliphatic carbocycles. The molecule has 0 fully saturated rings. The molecular weight excluding hydrogens is 156 g/mol. The van der Waals surface area contributed by atoms with Crippen LogP contribution in [-0.2, 0) is 0 Å². The number of rotatable bonds is 1. The Hall–Kier alpha value is -1.84. The fourth-order valence-corrected chi connectivity index (χ4v) is 1.06. The zero-order valence-electron chi connectivity index (χ0n) is 6.14. The lowest BCUT2D eigenvalue weighted by molar-refractivity contribution is 0.111. The van der Waals surface area contributed by atoms with Crippen LogP contribution in [0.25, 0.3) is 5.65 Å². The van der Waals surface area contributed by atoms with E-state index in [9.17, 15) is 4.79 Å². The molecule has 60 valence electrons. The number of imidazole rings is 1. The first-order valence-electron chi connectivity index (χ1n) is 3.42. The van der Waals surface area contributed by atoms with Gasteiger partial charge in [-0.1, -0.05) is 0 Å². The largest absolute Gasteiger partial charge is 0.506 e. The van der Waals surface area contributed by atoms with Gasteiger partial charge in [0.25, 0.3) is 0 Å². The van der Waals surface area contributed by atoms with E-state index in [4.69, 9.17) is 5.11 Å². The highest BCUT2D eigenvalue weighted by atomic mass is 16.3. The molecule has 0 saturated heterocycles. The van der Waals surface area contributed by atoms with Crippen LogP contribution in [0, 0.1) is 0 Å². The van der Waals surface area contributed by atoms with Crippen molar-refractivity contribution in [1.29, 1.82) is 0 Å². The molecule has 2 rings (SSSR count). The average molecular weight is 162 g/mol. The van der Waals surface area contributed by atoms with Crippen LogP contribution < -0.4 is 0 Å². The van der Waals surface area contributed by atoms with Crippen molar-refractivity contribution in [2.45, 2.75) is 0 Å². The normalized spacial score (nSPS) is 10.3. The van der Waals surface area contributed by atoms with E-state index in [-0.39, 0.29) is 5.75 Å². The minimum atomic E-state index is 0.150. The molecule has 0 saturated carbocycles. The van der Waals surface area contributed by atoms with Gasteiger partial charge in [0.2, 0.25) is 0 Å². The minimum absolute atomic E-state index is 0.150. The van der Waals surface area contributed by atoms with Gasteiger partial charge < -0.3 is 9.51 Å². The molecule has 2 heterocycles. The molecule has 4 heteroatoms. The molecule has 0 aliphatic heterocycles. The first-order chi connectivity index (χ1) is 5.79. The third kappa shape index (κ3) is 0.934. The summed E-state index contributed by atoms with van der Waals surface area (Å²) >= 11 is 0. The van der Waals surface area contributed by atoms with Crippen molar-refractivity contribution in [1.82, 2.24) is 9.38 Å². The highest BCUT2D eigenvalue weighted by Crippen LogP contribution is 2.10. The van der Waals surface area contributed by atoms with Gasteiger partial charge >= 0.3 is 0 Å². The van der Waals surface area contributed by atoms with E-state index in [0.717, 1.165) is 0 Å².